The van der Waals surface area contributed by atoms with Gasteiger partial charge in [0, 0.05) is 31.6 Å². The molecule has 2 bridgehead atoms. The average Bonchev–Trinajstić information content (AvgIpc) is 2.80. The van der Waals surface area contributed by atoms with E-state index in [1.54, 1.807) is 12.1 Å². The Balaban J connectivity index is 1.44. The normalized spacial score (nSPS) is 22.0. The van der Waals surface area contributed by atoms with Crippen LogP contribution in [0.25, 0.3) is 10.9 Å². The topological polar surface area (TPSA) is 93.6 Å². The summed E-state index contributed by atoms with van der Waals surface area (Å²) in [5.41, 5.74) is 2.02. The number of piperazine rings is 1. The summed E-state index contributed by atoms with van der Waals surface area (Å²) in [6.07, 6.45) is -0.136. The lowest BCUT2D eigenvalue weighted by Crippen LogP contribution is -2.62. The number of nitrogens with one attached hydrogen (secondary N) is 2. The molecule has 0 radical (unpaired) electrons. The fourth-order valence-electron chi connectivity index (χ4n) is 4.63. The van der Waals surface area contributed by atoms with Crippen molar-refractivity contribution in [2.75, 3.05) is 25.0 Å². The van der Waals surface area contributed by atoms with E-state index in [0.717, 1.165) is 41.9 Å². The molecular weight excluding hydrogens is 416 g/mol. The Bertz CT molecular complexity index is 1150. The highest BCUT2D eigenvalue weighted by Crippen LogP contribution is 2.25. The van der Waals surface area contributed by atoms with Crippen LogP contribution >= 0.6 is 0 Å². The molecule has 2 aliphatic rings. The lowest BCUT2D eigenvalue weighted by atomic mass is 10.0. The predicted octanol–water partition coefficient (Wildman–Crippen LogP) is 2.55. The minimum Gasteiger partial charge on any atom is -0.508 e. The van der Waals surface area contributed by atoms with E-state index in [0.29, 0.717) is 18.9 Å². The van der Waals surface area contributed by atoms with E-state index in [9.17, 15) is 9.90 Å². The average molecular weight is 447 g/mol. The summed E-state index contributed by atoms with van der Waals surface area (Å²) in [6, 6.07) is 14.8. The van der Waals surface area contributed by atoms with Gasteiger partial charge in [0.2, 0.25) is 5.91 Å². The first-order valence-electron chi connectivity index (χ1n) is 11.5. The number of phenolic OH excluding ortho intramolecular Hbond substituents is 1. The van der Waals surface area contributed by atoms with Crippen molar-refractivity contribution in [3.05, 3.63) is 59.9 Å². The molecule has 1 saturated heterocycles. The Kier molecular flexibility index (Phi) is 5.86. The Morgan fingerprint density at radius 1 is 1.06 bits per heavy atom. The summed E-state index contributed by atoms with van der Waals surface area (Å²) >= 11 is 0. The summed E-state index contributed by atoms with van der Waals surface area (Å²) in [4.78, 5) is 27.6. The van der Waals surface area contributed by atoms with Crippen LogP contribution in [0.15, 0.2) is 48.5 Å². The highest BCUT2D eigenvalue weighted by molar-refractivity contribution is 5.92. The first kappa shape index (κ1) is 21.6. The third-order valence-electron chi connectivity index (χ3n) is 6.46. The highest BCUT2D eigenvalue weighted by atomic mass is 16.3. The van der Waals surface area contributed by atoms with Crippen molar-refractivity contribution in [3.63, 3.8) is 0 Å². The molecule has 5 rings (SSSR count). The molecule has 172 valence electrons. The quantitative estimate of drug-likeness (QED) is 0.569. The van der Waals surface area contributed by atoms with E-state index in [-0.39, 0.29) is 23.7 Å². The van der Waals surface area contributed by atoms with E-state index in [2.05, 4.69) is 20.4 Å². The summed E-state index contributed by atoms with van der Waals surface area (Å²) in [5, 5.41) is 17.2. The van der Waals surface area contributed by atoms with Gasteiger partial charge in [-0.25, -0.2) is 9.97 Å². The maximum Gasteiger partial charge on any atom is 0.244 e. The Morgan fingerprint density at radius 3 is 2.64 bits per heavy atom. The minimum absolute atomic E-state index is 0.0161. The van der Waals surface area contributed by atoms with E-state index >= 15 is 0 Å². The molecule has 3 aromatic rings. The number of para-hydroxylation sites is 1. The first-order chi connectivity index (χ1) is 16.0. The van der Waals surface area contributed by atoms with E-state index < -0.39 is 6.04 Å². The SMILES string of the molecule is CC(C)[C@@H]1Nc2nc(nc3ccccc23)CN2CCN(Cc3ccc(O)cc3)CC2NC1=O. The van der Waals surface area contributed by atoms with Crippen LogP contribution in [0.1, 0.15) is 25.2 Å². The molecule has 8 nitrogen and oxygen atoms in total. The molecule has 3 N–H and O–H groups in total. The van der Waals surface area contributed by atoms with Crippen LogP contribution in [0, 0.1) is 5.92 Å². The number of nitrogens with zero attached hydrogens (tertiary/aromatic N) is 4. The monoisotopic (exact) mass is 446 g/mol. The number of aromatic nitrogens is 2. The van der Waals surface area contributed by atoms with Crippen molar-refractivity contribution < 1.29 is 9.90 Å². The maximum absolute atomic E-state index is 13.4. The van der Waals surface area contributed by atoms with Crippen molar-refractivity contribution in [1.29, 1.82) is 0 Å². The first-order valence-corrected chi connectivity index (χ1v) is 11.5. The molecule has 1 unspecified atom stereocenters. The van der Waals surface area contributed by atoms with Crippen molar-refractivity contribution >= 4 is 22.6 Å². The number of hydrogen-bond donors (Lipinski definition) is 3. The van der Waals surface area contributed by atoms with Gasteiger partial charge in [-0.05, 0) is 35.7 Å². The number of carbonyl (C=O) groups excluding carboxylic acids is 1. The number of aromatic hydroxyl groups is 1. The summed E-state index contributed by atoms with van der Waals surface area (Å²) in [5.74, 6) is 1.82. The number of rotatable bonds is 3. The van der Waals surface area contributed by atoms with Crippen LogP contribution in [0.3, 0.4) is 0 Å². The van der Waals surface area contributed by atoms with Crippen LogP contribution in [0.5, 0.6) is 5.75 Å². The maximum atomic E-state index is 13.4. The lowest BCUT2D eigenvalue weighted by molar-refractivity contribution is -0.125. The van der Waals surface area contributed by atoms with Crippen molar-refractivity contribution in [1.82, 2.24) is 25.1 Å². The van der Waals surface area contributed by atoms with Crippen molar-refractivity contribution in [2.24, 2.45) is 5.92 Å². The van der Waals surface area contributed by atoms with Crippen LogP contribution < -0.4 is 10.6 Å². The third kappa shape index (κ3) is 4.62. The van der Waals surface area contributed by atoms with Gasteiger partial charge in [-0.15, -0.1) is 0 Å². The van der Waals surface area contributed by atoms with E-state index in [1.165, 1.54) is 0 Å². The minimum atomic E-state index is -0.399. The fraction of sp³-hybridized carbons (Fsp3) is 0.400. The summed E-state index contributed by atoms with van der Waals surface area (Å²) < 4.78 is 0. The van der Waals surface area contributed by atoms with Crippen LogP contribution in [-0.4, -0.2) is 62.6 Å². The molecule has 8 heteroatoms. The molecule has 3 heterocycles. The number of hydrogen-bond acceptors (Lipinski definition) is 7. The van der Waals surface area contributed by atoms with Crippen LogP contribution in [0.4, 0.5) is 5.82 Å². The predicted molar refractivity (Wildman–Crippen MR) is 128 cm³/mol. The molecule has 2 aromatic carbocycles. The van der Waals surface area contributed by atoms with Gasteiger partial charge < -0.3 is 15.7 Å². The van der Waals surface area contributed by atoms with Gasteiger partial charge in [0.1, 0.15) is 23.4 Å². The molecule has 0 saturated carbocycles. The summed E-state index contributed by atoms with van der Waals surface area (Å²) in [6.45, 7) is 7.81. The largest absolute Gasteiger partial charge is 0.508 e. The molecule has 1 fully saturated rings. The Morgan fingerprint density at radius 2 is 1.85 bits per heavy atom. The van der Waals surface area contributed by atoms with Gasteiger partial charge >= 0.3 is 0 Å². The van der Waals surface area contributed by atoms with Gasteiger partial charge in [0.15, 0.2) is 0 Å². The fourth-order valence-corrected chi connectivity index (χ4v) is 4.63. The van der Waals surface area contributed by atoms with Gasteiger partial charge in [-0.3, -0.25) is 14.6 Å². The van der Waals surface area contributed by atoms with E-state index in [1.807, 2.05) is 50.2 Å². The van der Waals surface area contributed by atoms with Crippen LogP contribution in [0.2, 0.25) is 0 Å². The van der Waals surface area contributed by atoms with Crippen molar-refractivity contribution in [2.45, 2.75) is 39.1 Å². The molecule has 2 aliphatic heterocycles. The Labute approximate surface area is 193 Å². The standard InChI is InChI=1S/C25H30N6O2/c1-16(2)23-25(33)28-22-15-30(13-17-7-9-18(32)10-8-17)11-12-31(22)14-21-26-20-6-4-3-5-19(20)24(27-21)29-23/h3-10,16,22-23,32H,11-15H2,1-2H3,(H,28,33)(H,26,27,29)/t22?,23-/m0/s1. The number of fused-ring (bicyclic) bond motifs is 5. The zero-order chi connectivity index (χ0) is 22.9. The van der Waals surface area contributed by atoms with Gasteiger partial charge in [0.05, 0.1) is 18.2 Å². The number of amides is 1. The second-order valence-electron chi connectivity index (χ2n) is 9.27. The molecule has 0 aliphatic carbocycles. The second kappa shape index (κ2) is 8.96. The highest BCUT2D eigenvalue weighted by Gasteiger charge is 2.33. The molecule has 1 aromatic heterocycles. The number of phenols is 1. The molecule has 33 heavy (non-hydrogen) atoms. The molecule has 0 spiro atoms. The number of benzene rings is 2. The zero-order valence-corrected chi connectivity index (χ0v) is 19.0. The van der Waals surface area contributed by atoms with Crippen molar-refractivity contribution in [3.8, 4) is 5.75 Å². The lowest BCUT2D eigenvalue weighted by Gasteiger charge is -2.42. The van der Waals surface area contributed by atoms with E-state index in [4.69, 9.17) is 9.97 Å². The smallest absolute Gasteiger partial charge is 0.244 e. The number of carbonyl (C=O) groups is 1. The van der Waals surface area contributed by atoms with Gasteiger partial charge in [-0.1, -0.05) is 38.1 Å². The molecule has 2 atom stereocenters. The molecule has 1 amide bonds. The van der Waals surface area contributed by atoms with Gasteiger partial charge in [0.25, 0.3) is 0 Å². The van der Waals surface area contributed by atoms with Crippen LogP contribution in [-0.2, 0) is 17.9 Å². The van der Waals surface area contributed by atoms with Gasteiger partial charge in [-0.2, -0.15) is 0 Å². The third-order valence-corrected chi connectivity index (χ3v) is 6.46. The number of anilines is 1. The second-order valence-corrected chi connectivity index (χ2v) is 9.27. The Hall–Kier alpha value is -3.23. The molecular formula is C25H30N6O2. The summed E-state index contributed by atoms with van der Waals surface area (Å²) in [7, 11) is 0. The zero-order valence-electron chi connectivity index (χ0n) is 19.0.